The Morgan fingerprint density at radius 2 is 1.85 bits per heavy atom. The van der Waals surface area contributed by atoms with Gasteiger partial charge in [-0.05, 0) is 30.6 Å². The van der Waals surface area contributed by atoms with Gasteiger partial charge in [0.15, 0.2) is 0 Å². The van der Waals surface area contributed by atoms with Gasteiger partial charge in [-0.2, -0.15) is 0 Å². The summed E-state index contributed by atoms with van der Waals surface area (Å²) in [7, 11) is 0. The van der Waals surface area contributed by atoms with Gasteiger partial charge in [-0.15, -0.1) is 0 Å². The first kappa shape index (κ1) is 9.48. The van der Waals surface area contributed by atoms with E-state index in [1.54, 1.807) is 0 Å². The first-order valence-electron chi connectivity index (χ1n) is 5.91. The third-order valence-corrected chi connectivity index (χ3v) is 4.20. The molecule has 0 heterocycles. The SMILES string of the molecule is C[C@H]1C(F)CC1CC1CCCCC1. The maximum atomic E-state index is 12.9. The van der Waals surface area contributed by atoms with Gasteiger partial charge in [0.2, 0.25) is 0 Å². The molecule has 0 N–H and O–H groups in total. The van der Waals surface area contributed by atoms with E-state index in [9.17, 15) is 4.39 Å². The standard InChI is InChI=1S/C12H21F/c1-9-11(8-12(9)13)7-10-5-3-2-4-6-10/h9-12H,2-8H2,1H3/t9-,11?,12?/m1/s1. The van der Waals surface area contributed by atoms with Crippen LogP contribution in [-0.4, -0.2) is 6.17 Å². The third kappa shape index (κ3) is 2.05. The molecule has 2 aliphatic rings. The van der Waals surface area contributed by atoms with Crippen LogP contribution in [0.3, 0.4) is 0 Å². The van der Waals surface area contributed by atoms with Crippen LogP contribution < -0.4 is 0 Å². The third-order valence-electron chi connectivity index (χ3n) is 4.20. The van der Waals surface area contributed by atoms with Crippen LogP contribution in [0.1, 0.15) is 51.9 Å². The summed E-state index contributed by atoms with van der Waals surface area (Å²) in [6, 6.07) is 0. The number of rotatable bonds is 2. The lowest BCUT2D eigenvalue weighted by molar-refractivity contribution is 0.0270. The van der Waals surface area contributed by atoms with E-state index in [-0.39, 0.29) is 0 Å². The van der Waals surface area contributed by atoms with Crippen LogP contribution in [0.4, 0.5) is 4.39 Å². The van der Waals surface area contributed by atoms with Crippen molar-refractivity contribution < 1.29 is 4.39 Å². The van der Waals surface area contributed by atoms with Gasteiger partial charge in [0.05, 0.1) is 0 Å². The molecule has 0 amide bonds. The fourth-order valence-corrected chi connectivity index (χ4v) is 2.98. The summed E-state index contributed by atoms with van der Waals surface area (Å²) >= 11 is 0. The number of alkyl halides is 1. The maximum absolute atomic E-state index is 12.9. The predicted molar refractivity (Wildman–Crippen MR) is 53.4 cm³/mol. The van der Waals surface area contributed by atoms with Gasteiger partial charge >= 0.3 is 0 Å². The lowest BCUT2D eigenvalue weighted by atomic mass is 9.67. The Morgan fingerprint density at radius 3 is 2.38 bits per heavy atom. The summed E-state index contributed by atoms with van der Waals surface area (Å²) in [5, 5.41) is 0. The molecule has 0 nitrogen and oxygen atoms in total. The summed E-state index contributed by atoms with van der Waals surface area (Å²) in [5.74, 6) is 2.02. The van der Waals surface area contributed by atoms with Crippen LogP contribution >= 0.6 is 0 Å². The second-order valence-corrected chi connectivity index (χ2v) is 5.11. The van der Waals surface area contributed by atoms with E-state index in [0.29, 0.717) is 5.92 Å². The van der Waals surface area contributed by atoms with Crippen LogP contribution in [0, 0.1) is 17.8 Å². The minimum Gasteiger partial charge on any atom is -0.247 e. The number of halogens is 1. The predicted octanol–water partition coefficient (Wildman–Crippen LogP) is 3.95. The molecule has 2 saturated carbocycles. The molecule has 0 aliphatic heterocycles. The molecule has 2 rings (SSSR count). The first-order valence-corrected chi connectivity index (χ1v) is 5.91. The zero-order chi connectivity index (χ0) is 9.26. The van der Waals surface area contributed by atoms with Crippen molar-refractivity contribution in [3.05, 3.63) is 0 Å². The van der Waals surface area contributed by atoms with Crippen LogP contribution in [0.15, 0.2) is 0 Å². The second-order valence-electron chi connectivity index (χ2n) is 5.11. The van der Waals surface area contributed by atoms with E-state index in [2.05, 4.69) is 6.92 Å². The van der Waals surface area contributed by atoms with Crippen molar-refractivity contribution in [2.75, 3.05) is 0 Å². The molecule has 0 spiro atoms. The summed E-state index contributed by atoms with van der Waals surface area (Å²) in [4.78, 5) is 0. The van der Waals surface area contributed by atoms with E-state index < -0.39 is 6.17 Å². The van der Waals surface area contributed by atoms with Crippen molar-refractivity contribution in [3.63, 3.8) is 0 Å². The second kappa shape index (κ2) is 3.98. The highest BCUT2D eigenvalue weighted by atomic mass is 19.1. The highest BCUT2D eigenvalue weighted by Gasteiger charge is 2.38. The molecular weight excluding hydrogens is 163 g/mol. The quantitative estimate of drug-likeness (QED) is 0.609. The van der Waals surface area contributed by atoms with E-state index in [4.69, 9.17) is 0 Å². The van der Waals surface area contributed by atoms with E-state index in [0.717, 1.165) is 18.3 Å². The minimum atomic E-state index is -0.478. The van der Waals surface area contributed by atoms with Crippen molar-refractivity contribution in [2.24, 2.45) is 17.8 Å². The van der Waals surface area contributed by atoms with Crippen molar-refractivity contribution in [3.8, 4) is 0 Å². The molecule has 0 bridgehead atoms. The van der Waals surface area contributed by atoms with Crippen LogP contribution in [-0.2, 0) is 0 Å². The molecule has 76 valence electrons. The van der Waals surface area contributed by atoms with E-state index >= 15 is 0 Å². The molecule has 2 aliphatic carbocycles. The average molecular weight is 184 g/mol. The van der Waals surface area contributed by atoms with Crippen LogP contribution in [0.5, 0.6) is 0 Å². The Kier molecular flexibility index (Phi) is 2.90. The molecule has 2 fully saturated rings. The maximum Gasteiger partial charge on any atom is 0.103 e. The molecule has 3 atom stereocenters. The highest BCUT2D eigenvalue weighted by Crippen LogP contribution is 2.43. The largest absolute Gasteiger partial charge is 0.247 e. The molecule has 2 unspecified atom stereocenters. The zero-order valence-electron chi connectivity index (χ0n) is 8.64. The summed E-state index contributed by atoms with van der Waals surface area (Å²) in [6.07, 6.45) is 8.81. The Morgan fingerprint density at radius 1 is 1.15 bits per heavy atom. The fourth-order valence-electron chi connectivity index (χ4n) is 2.98. The normalized spacial score (nSPS) is 41.5. The zero-order valence-corrected chi connectivity index (χ0v) is 8.64. The average Bonchev–Trinajstić information content (AvgIpc) is 2.19. The van der Waals surface area contributed by atoms with Gasteiger partial charge in [-0.25, -0.2) is 4.39 Å². The Hall–Kier alpha value is -0.0700. The van der Waals surface area contributed by atoms with Crippen molar-refractivity contribution in [1.29, 1.82) is 0 Å². The van der Waals surface area contributed by atoms with Gasteiger partial charge < -0.3 is 0 Å². The molecule has 0 saturated heterocycles. The molecule has 0 aromatic rings. The summed E-state index contributed by atoms with van der Waals surface area (Å²) in [5.41, 5.74) is 0. The molecule has 1 heteroatoms. The van der Waals surface area contributed by atoms with Crippen LogP contribution in [0.2, 0.25) is 0 Å². The van der Waals surface area contributed by atoms with Crippen molar-refractivity contribution in [1.82, 2.24) is 0 Å². The van der Waals surface area contributed by atoms with Gasteiger partial charge in [0, 0.05) is 0 Å². The van der Waals surface area contributed by atoms with Crippen LogP contribution in [0.25, 0.3) is 0 Å². The van der Waals surface area contributed by atoms with Gasteiger partial charge in [0.1, 0.15) is 6.17 Å². The highest BCUT2D eigenvalue weighted by molar-refractivity contribution is 4.88. The molecule has 0 aromatic heterocycles. The lowest BCUT2D eigenvalue weighted by Gasteiger charge is -2.40. The van der Waals surface area contributed by atoms with Crippen molar-refractivity contribution in [2.45, 2.75) is 58.0 Å². The van der Waals surface area contributed by atoms with E-state index in [1.165, 1.54) is 38.5 Å². The minimum absolute atomic E-state index is 0.363. The Labute approximate surface area is 80.9 Å². The lowest BCUT2D eigenvalue weighted by Crippen LogP contribution is -2.37. The van der Waals surface area contributed by atoms with Gasteiger partial charge in [-0.3, -0.25) is 0 Å². The molecule has 0 aromatic carbocycles. The number of hydrogen-bond donors (Lipinski definition) is 0. The van der Waals surface area contributed by atoms with E-state index in [1.807, 2.05) is 0 Å². The molecule has 0 radical (unpaired) electrons. The fraction of sp³-hybridized carbons (Fsp3) is 1.00. The van der Waals surface area contributed by atoms with Gasteiger partial charge in [0.25, 0.3) is 0 Å². The Balaban J connectivity index is 1.72. The molecule has 13 heavy (non-hydrogen) atoms. The van der Waals surface area contributed by atoms with Gasteiger partial charge in [-0.1, -0.05) is 39.0 Å². The number of hydrogen-bond acceptors (Lipinski definition) is 0. The smallest absolute Gasteiger partial charge is 0.103 e. The Bertz CT molecular complexity index is 158. The van der Waals surface area contributed by atoms with Crippen molar-refractivity contribution >= 4 is 0 Å². The first-order chi connectivity index (χ1) is 6.27. The summed E-state index contributed by atoms with van der Waals surface area (Å²) < 4.78 is 12.9. The monoisotopic (exact) mass is 184 g/mol. The molecular formula is C12H21F. The topological polar surface area (TPSA) is 0 Å². The summed E-state index contributed by atoms with van der Waals surface area (Å²) in [6.45, 7) is 2.08.